The largest absolute Gasteiger partial charge is 0.504 e. The number of aliphatic hydroxyl groups is 1. The van der Waals surface area contributed by atoms with E-state index in [0.29, 0.717) is 54.8 Å². The van der Waals surface area contributed by atoms with E-state index < -0.39 is 17.3 Å². The Morgan fingerprint density at radius 2 is 1.83 bits per heavy atom. The number of ether oxygens (including phenoxy) is 3. The van der Waals surface area contributed by atoms with E-state index in [2.05, 4.69) is 46.1 Å². The molecule has 1 spiro atoms. The molecule has 11 nitrogen and oxygen atoms in total. The van der Waals surface area contributed by atoms with Crippen LogP contribution in [0.4, 0.5) is 5.69 Å². The highest BCUT2D eigenvalue weighted by atomic mass is 33.1. The minimum absolute atomic E-state index is 0.0412. The van der Waals surface area contributed by atoms with Crippen LogP contribution in [0.15, 0.2) is 47.5 Å². The van der Waals surface area contributed by atoms with Crippen LogP contribution in [0.25, 0.3) is 0 Å². The Morgan fingerprint density at radius 1 is 1.02 bits per heavy atom. The zero-order chi connectivity index (χ0) is 42.8. The summed E-state index contributed by atoms with van der Waals surface area (Å²) in [5.74, 6) is 3.63. The van der Waals surface area contributed by atoms with Crippen LogP contribution in [0.1, 0.15) is 114 Å². The number of ketones is 1. The number of carbonyl (C=O) groups is 1. The van der Waals surface area contributed by atoms with Gasteiger partial charge in [-0.05, 0) is 124 Å². The SMILES string of the molecule is CCCCCC1C=CC(=O)C2(Cc3ccc(O)c(OC)c3)CCCC2CSSCNC(=NC)Nc2cc(cc(OC3(CNC)CCC(CC(O)OC)C3)c2O)C12CCCC2. The normalized spacial score (nSPS) is 28.3. The van der Waals surface area contributed by atoms with Crippen molar-refractivity contribution in [1.82, 2.24) is 10.6 Å². The number of allylic oxidation sites excluding steroid dienone is 2. The Bertz CT molecular complexity index is 1800. The fourth-order valence-electron chi connectivity index (χ4n) is 10.9. The van der Waals surface area contributed by atoms with Gasteiger partial charge in [0.25, 0.3) is 0 Å². The van der Waals surface area contributed by atoms with E-state index in [9.17, 15) is 15.3 Å². The Labute approximate surface area is 366 Å². The monoisotopic (exact) mass is 866 g/mol. The first-order chi connectivity index (χ1) is 29.0. The minimum atomic E-state index is -0.828. The molecule has 6 unspecified atom stereocenters. The number of nitrogens with zero attached hydrogens (tertiary/aromatic N) is 1. The van der Waals surface area contributed by atoms with E-state index in [0.717, 1.165) is 100 Å². The van der Waals surface area contributed by atoms with Crippen molar-refractivity contribution in [3.8, 4) is 23.0 Å². The molecule has 3 aliphatic carbocycles. The second kappa shape index (κ2) is 21.3. The van der Waals surface area contributed by atoms with Crippen LogP contribution >= 0.6 is 21.6 Å². The summed E-state index contributed by atoms with van der Waals surface area (Å²) in [4.78, 5) is 19.7. The summed E-state index contributed by atoms with van der Waals surface area (Å²) in [6.45, 7) is 2.82. The van der Waals surface area contributed by atoms with Gasteiger partial charge in [-0.2, -0.15) is 0 Å². The van der Waals surface area contributed by atoms with Gasteiger partial charge in [-0.15, -0.1) is 0 Å². The molecule has 13 heteroatoms. The van der Waals surface area contributed by atoms with Gasteiger partial charge in [0.05, 0.1) is 18.7 Å². The first-order valence-corrected chi connectivity index (χ1v) is 24.8. The number of unbranched alkanes of at least 4 members (excludes halogenated alkanes) is 2. The number of nitrogens with one attached hydrogen (secondary N) is 3. The zero-order valence-electron chi connectivity index (χ0n) is 36.5. The van der Waals surface area contributed by atoms with Gasteiger partial charge in [0.1, 0.15) is 5.60 Å². The van der Waals surface area contributed by atoms with Gasteiger partial charge in [-0.1, -0.05) is 79.2 Å². The highest BCUT2D eigenvalue weighted by molar-refractivity contribution is 8.76. The molecular formula is C47H70N4O7S2. The van der Waals surface area contributed by atoms with Crippen LogP contribution in [-0.2, 0) is 21.4 Å². The van der Waals surface area contributed by atoms with Gasteiger partial charge < -0.3 is 45.5 Å². The van der Waals surface area contributed by atoms with Gasteiger partial charge in [0.2, 0.25) is 0 Å². The summed E-state index contributed by atoms with van der Waals surface area (Å²) in [7, 11) is 10.2. The smallest absolute Gasteiger partial charge is 0.196 e. The van der Waals surface area contributed by atoms with Crippen LogP contribution in [-0.4, -0.2) is 85.4 Å². The second-order valence-corrected chi connectivity index (χ2v) is 20.3. The van der Waals surface area contributed by atoms with Gasteiger partial charge in [0, 0.05) is 43.7 Å². The molecule has 3 saturated carbocycles. The van der Waals surface area contributed by atoms with Crippen LogP contribution in [0, 0.1) is 23.2 Å². The number of hydrogen-bond donors (Lipinski definition) is 6. The summed E-state index contributed by atoms with van der Waals surface area (Å²) < 4.78 is 17.8. The molecule has 6 atom stereocenters. The van der Waals surface area contributed by atoms with Crippen LogP contribution in [0.2, 0.25) is 0 Å². The number of fused-ring (bicyclic) bond motifs is 4. The van der Waals surface area contributed by atoms with Crippen molar-refractivity contribution in [3.63, 3.8) is 0 Å². The van der Waals surface area contributed by atoms with E-state index in [1.807, 2.05) is 25.3 Å². The Morgan fingerprint density at radius 3 is 2.57 bits per heavy atom. The number of guanidine groups is 1. The number of aliphatic hydroxyl groups excluding tert-OH is 1. The number of anilines is 1. The molecule has 2 aromatic rings. The summed E-state index contributed by atoms with van der Waals surface area (Å²) in [6, 6.07) is 9.70. The average molecular weight is 867 g/mol. The highest BCUT2D eigenvalue weighted by Gasteiger charge is 2.49. The van der Waals surface area contributed by atoms with E-state index in [4.69, 9.17) is 14.2 Å². The number of aliphatic imine (C=N–C) groups is 1. The number of rotatable bonds is 14. The summed E-state index contributed by atoms with van der Waals surface area (Å²) in [5, 5.41) is 43.2. The maximum absolute atomic E-state index is 15.1. The van der Waals surface area contributed by atoms with Gasteiger partial charge in [-0.3, -0.25) is 9.79 Å². The first kappa shape index (κ1) is 46.4. The Balaban J connectivity index is 1.45. The Hall–Kier alpha value is -3.10. The van der Waals surface area contributed by atoms with E-state index >= 15 is 4.79 Å². The third kappa shape index (κ3) is 10.6. The molecule has 332 valence electrons. The van der Waals surface area contributed by atoms with Crippen molar-refractivity contribution in [3.05, 3.63) is 53.6 Å². The lowest BCUT2D eigenvalue weighted by Gasteiger charge is -2.39. The van der Waals surface area contributed by atoms with Crippen molar-refractivity contribution in [1.29, 1.82) is 0 Å². The van der Waals surface area contributed by atoms with Crippen molar-refractivity contribution in [2.75, 3.05) is 51.8 Å². The molecule has 6 N–H and O–H groups in total. The molecule has 1 heterocycles. The van der Waals surface area contributed by atoms with E-state index in [-0.39, 0.29) is 40.5 Å². The number of phenolic OH excluding ortho intramolecular Hbond substituents is 2. The second-order valence-electron chi connectivity index (χ2n) is 17.8. The lowest BCUT2D eigenvalue weighted by molar-refractivity contribution is -0.125. The number of carbonyl (C=O) groups excluding carboxylic acids is 1. The molecular weight excluding hydrogens is 797 g/mol. The first-order valence-electron chi connectivity index (χ1n) is 22.3. The summed E-state index contributed by atoms with van der Waals surface area (Å²) in [5.41, 5.74) is 1.19. The van der Waals surface area contributed by atoms with Crippen molar-refractivity contribution < 1.29 is 34.3 Å². The van der Waals surface area contributed by atoms with Crippen LogP contribution in [0.5, 0.6) is 23.0 Å². The maximum Gasteiger partial charge on any atom is 0.196 e. The number of aromatic hydroxyl groups is 2. The molecule has 3 fully saturated rings. The molecule has 6 rings (SSSR count). The fourth-order valence-corrected chi connectivity index (χ4v) is 13.2. The van der Waals surface area contributed by atoms with Crippen LogP contribution < -0.4 is 25.4 Å². The minimum Gasteiger partial charge on any atom is -0.504 e. The number of methoxy groups -OCH3 is 2. The lowest BCUT2D eigenvalue weighted by Crippen LogP contribution is -2.43. The fraction of sp³-hybridized carbons (Fsp3) is 0.660. The molecule has 1 aliphatic heterocycles. The topological polar surface area (TPSA) is 154 Å². The molecule has 0 amide bonds. The Kier molecular flexibility index (Phi) is 16.5. The van der Waals surface area contributed by atoms with Crippen LogP contribution in [0.3, 0.4) is 0 Å². The maximum atomic E-state index is 15.1. The third-order valence-corrected chi connectivity index (χ3v) is 16.3. The number of phenols is 2. The van der Waals surface area contributed by atoms with Crippen molar-refractivity contribution in [2.24, 2.45) is 28.2 Å². The number of hydrogen-bond acceptors (Lipinski definition) is 11. The molecule has 0 saturated heterocycles. The van der Waals surface area contributed by atoms with E-state index in [1.54, 1.807) is 41.8 Å². The summed E-state index contributed by atoms with van der Waals surface area (Å²) >= 11 is 0. The van der Waals surface area contributed by atoms with Crippen molar-refractivity contribution in [2.45, 2.75) is 127 Å². The predicted octanol–water partition coefficient (Wildman–Crippen LogP) is 9.10. The highest BCUT2D eigenvalue weighted by Crippen LogP contribution is 2.54. The van der Waals surface area contributed by atoms with Gasteiger partial charge in [-0.25, -0.2) is 0 Å². The standard InChI is InChI=1S/C47H70N4O7S2/c1-6-7-8-12-34-15-17-41(53)47(28-32-14-16-38(52)39(23-32)56-4)21-11-13-35(47)29-59-60-31-50-44(49-3)51-37-25-36(46(34)19-9-10-20-46)26-40(43(37)55)58-45(30-48-2)22-18-33(27-45)24-42(54)57-5/h14-17,23,25-26,33-35,42,48,52,54-55H,6-13,18-22,24,27-31H2,1-5H3,(H2,49,50,51). The third-order valence-electron chi connectivity index (χ3n) is 14.1. The van der Waals surface area contributed by atoms with E-state index in [1.165, 1.54) is 7.11 Å². The molecule has 0 radical (unpaired) electrons. The quantitative estimate of drug-likeness (QED) is 0.0465. The molecule has 4 aliphatic rings. The molecule has 2 aromatic carbocycles. The molecule has 60 heavy (non-hydrogen) atoms. The molecule has 0 aromatic heterocycles. The van der Waals surface area contributed by atoms with Gasteiger partial charge in [0.15, 0.2) is 41.0 Å². The lowest BCUT2D eigenvalue weighted by atomic mass is 9.66. The number of likely N-dealkylation sites (N-methyl/N-ethyl adjacent to an activating group) is 1. The van der Waals surface area contributed by atoms with Gasteiger partial charge >= 0.3 is 0 Å². The predicted molar refractivity (Wildman–Crippen MR) is 245 cm³/mol. The zero-order valence-corrected chi connectivity index (χ0v) is 38.2. The number of benzene rings is 2. The van der Waals surface area contributed by atoms with Crippen molar-refractivity contribution >= 4 is 39.0 Å². The molecule has 2 bridgehead atoms. The summed E-state index contributed by atoms with van der Waals surface area (Å²) in [6.07, 6.45) is 18.0. The average Bonchev–Trinajstić information content (AvgIpc) is 4.00.